The summed E-state index contributed by atoms with van der Waals surface area (Å²) in [5.74, 6) is -0.500. The van der Waals surface area contributed by atoms with Gasteiger partial charge in [0.15, 0.2) is 0 Å². The zero-order valence-corrected chi connectivity index (χ0v) is 11.1. The number of aliphatic carboxylic acids is 1. The Kier molecular flexibility index (Phi) is 4.07. The third kappa shape index (κ3) is 3.26. The summed E-state index contributed by atoms with van der Waals surface area (Å²) in [5.41, 5.74) is 1.40. The lowest BCUT2D eigenvalue weighted by Crippen LogP contribution is -2.18. The van der Waals surface area contributed by atoms with Gasteiger partial charge in [-0.25, -0.2) is 4.79 Å². The van der Waals surface area contributed by atoms with Gasteiger partial charge in [-0.15, -0.1) is 0 Å². The van der Waals surface area contributed by atoms with Gasteiger partial charge >= 0.3 is 5.97 Å². The normalized spacial score (nSPS) is 11.9. The van der Waals surface area contributed by atoms with Gasteiger partial charge < -0.3 is 9.84 Å². The Morgan fingerprint density at radius 3 is 2.58 bits per heavy atom. The van der Waals surface area contributed by atoms with Crippen molar-refractivity contribution >= 4 is 17.6 Å². The number of halogens is 1. The second kappa shape index (κ2) is 5.76. The monoisotopic (exact) mass is 276 g/mol. The van der Waals surface area contributed by atoms with Crippen LogP contribution < -0.4 is 4.74 Å². The Bertz CT molecular complexity index is 595. The van der Waals surface area contributed by atoms with Gasteiger partial charge in [0.2, 0.25) is 6.10 Å². The first-order chi connectivity index (χ1) is 9.08. The number of ether oxygens (including phenoxy) is 1. The topological polar surface area (TPSA) is 46.5 Å². The van der Waals surface area contributed by atoms with Gasteiger partial charge in [0.25, 0.3) is 0 Å². The summed E-state index contributed by atoms with van der Waals surface area (Å²) in [6.07, 6.45) is -1.07. The molecule has 0 aliphatic carbocycles. The first-order valence-electron chi connectivity index (χ1n) is 5.78. The maximum Gasteiger partial charge on any atom is 0.349 e. The molecule has 0 amide bonds. The number of hydrogen-bond acceptors (Lipinski definition) is 2. The van der Waals surface area contributed by atoms with E-state index in [4.69, 9.17) is 16.3 Å². The lowest BCUT2D eigenvalue weighted by Gasteiger charge is -2.17. The summed E-state index contributed by atoms with van der Waals surface area (Å²) in [6, 6.07) is 14.0. The van der Waals surface area contributed by atoms with Crippen LogP contribution in [0.5, 0.6) is 5.75 Å². The van der Waals surface area contributed by atoms with Crippen LogP contribution in [0.3, 0.4) is 0 Å². The van der Waals surface area contributed by atoms with Gasteiger partial charge in [0.05, 0.1) is 0 Å². The molecule has 0 heterocycles. The fourth-order valence-electron chi connectivity index (χ4n) is 1.75. The Balaban J connectivity index is 2.32. The SMILES string of the molecule is Cc1ccccc1OC(C(=O)O)c1cccc(Cl)c1. The molecule has 19 heavy (non-hydrogen) atoms. The number of carbonyl (C=O) groups is 1. The third-order valence-corrected chi connectivity index (χ3v) is 2.95. The molecule has 0 aromatic heterocycles. The van der Waals surface area contributed by atoms with Crippen LogP contribution in [-0.4, -0.2) is 11.1 Å². The van der Waals surface area contributed by atoms with Gasteiger partial charge in [-0.2, -0.15) is 0 Å². The van der Waals surface area contributed by atoms with E-state index in [1.807, 2.05) is 19.1 Å². The standard InChI is InChI=1S/C15H13ClO3/c1-10-5-2-3-8-13(10)19-14(15(17)18)11-6-4-7-12(16)9-11/h2-9,14H,1H3,(H,17,18). The molecule has 0 radical (unpaired) electrons. The van der Waals surface area contributed by atoms with Crippen molar-refractivity contribution in [3.05, 3.63) is 64.7 Å². The predicted octanol–water partition coefficient (Wildman–Crippen LogP) is 3.85. The molecule has 98 valence electrons. The molecule has 0 aliphatic heterocycles. The number of hydrogen-bond donors (Lipinski definition) is 1. The van der Waals surface area contributed by atoms with E-state index in [1.165, 1.54) is 0 Å². The van der Waals surface area contributed by atoms with E-state index in [2.05, 4.69) is 0 Å². The highest BCUT2D eigenvalue weighted by molar-refractivity contribution is 6.30. The number of rotatable bonds is 4. The molecular weight excluding hydrogens is 264 g/mol. The Hall–Kier alpha value is -2.00. The van der Waals surface area contributed by atoms with Crippen LogP contribution in [0.1, 0.15) is 17.2 Å². The van der Waals surface area contributed by atoms with Crippen molar-refractivity contribution in [1.82, 2.24) is 0 Å². The summed E-state index contributed by atoms with van der Waals surface area (Å²) in [5, 5.41) is 9.79. The fourth-order valence-corrected chi connectivity index (χ4v) is 1.95. The van der Waals surface area contributed by atoms with Crippen molar-refractivity contribution in [3.63, 3.8) is 0 Å². The van der Waals surface area contributed by atoms with Crippen LogP contribution in [0, 0.1) is 6.92 Å². The maximum absolute atomic E-state index is 11.4. The zero-order chi connectivity index (χ0) is 13.8. The van der Waals surface area contributed by atoms with Crippen LogP contribution in [-0.2, 0) is 4.79 Å². The first-order valence-corrected chi connectivity index (χ1v) is 6.16. The molecule has 2 rings (SSSR count). The number of aryl methyl sites for hydroxylation is 1. The number of benzene rings is 2. The highest BCUT2D eigenvalue weighted by Gasteiger charge is 2.22. The summed E-state index contributed by atoms with van der Waals surface area (Å²) in [4.78, 5) is 11.4. The van der Waals surface area contributed by atoms with E-state index in [0.29, 0.717) is 16.3 Å². The molecule has 2 aromatic rings. The molecule has 1 atom stereocenters. The molecule has 0 saturated heterocycles. The molecule has 3 nitrogen and oxygen atoms in total. The van der Waals surface area contributed by atoms with Crippen molar-refractivity contribution in [3.8, 4) is 5.75 Å². The van der Waals surface area contributed by atoms with Crippen molar-refractivity contribution in [2.24, 2.45) is 0 Å². The number of carboxylic acid groups (broad SMARTS) is 1. The Morgan fingerprint density at radius 1 is 1.21 bits per heavy atom. The molecule has 0 saturated carbocycles. The Morgan fingerprint density at radius 2 is 1.95 bits per heavy atom. The van der Waals surface area contributed by atoms with Gasteiger partial charge in [0, 0.05) is 10.6 Å². The van der Waals surface area contributed by atoms with Crippen LogP contribution in [0.2, 0.25) is 5.02 Å². The second-order valence-electron chi connectivity index (χ2n) is 4.16. The molecule has 0 fully saturated rings. The molecule has 0 aliphatic rings. The smallest absolute Gasteiger partial charge is 0.349 e. The molecule has 2 aromatic carbocycles. The van der Waals surface area contributed by atoms with Crippen molar-refractivity contribution in [2.45, 2.75) is 13.0 Å². The molecule has 0 bridgehead atoms. The third-order valence-electron chi connectivity index (χ3n) is 2.71. The lowest BCUT2D eigenvalue weighted by atomic mass is 10.1. The quantitative estimate of drug-likeness (QED) is 0.922. The molecular formula is C15H13ClO3. The van der Waals surface area contributed by atoms with E-state index in [-0.39, 0.29) is 0 Å². The number of para-hydroxylation sites is 1. The second-order valence-corrected chi connectivity index (χ2v) is 4.59. The summed E-state index contributed by atoms with van der Waals surface area (Å²) in [7, 11) is 0. The van der Waals surface area contributed by atoms with Crippen LogP contribution in [0.15, 0.2) is 48.5 Å². The van der Waals surface area contributed by atoms with E-state index in [9.17, 15) is 9.90 Å². The highest BCUT2D eigenvalue weighted by atomic mass is 35.5. The summed E-state index contributed by atoms with van der Waals surface area (Å²) < 4.78 is 5.59. The molecule has 1 N–H and O–H groups in total. The fraction of sp³-hybridized carbons (Fsp3) is 0.133. The molecule has 1 unspecified atom stereocenters. The van der Waals surface area contributed by atoms with Gasteiger partial charge in [-0.05, 0) is 30.7 Å². The lowest BCUT2D eigenvalue weighted by molar-refractivity contribution is -0.145. The van der Waals surface area contributed by atoms with Crippen molar-refractivity contribution < 1.29 is 14.6 Å². The minimum atomic E-state index is -1.07. The van der Waals surface area contributed by atoms with Crippen molar-refractivity contribution in [2.75, 3.05) is 0 Å². The average molecular weight is 277 g/mol. The molecule has 0 spiro atoms. The molecule has 4 heteroatoms. The maximum atomic E-state index is 11.4. The van der Waals surface area contributed by atoms with Crippen LogP contribution >= 0.6 is 11.6 Å². The van der Waals surface area contributed by atoms with E-state index in [0.717, 1.165) is 5.56 Å². The predicted molar refractivity (Wildman–Crippen MR) is 73.6 cm³/mol. The van der Waals surface area contributed by atoms with E-state index >= 15 is 0 Å². The minimum Gasteiger partial charge on any atom is -0.478 e. The largest absolute Gasteiger partial charge is 0.478 e. The summed E-state index contributed by atoms with van der Waals surface area (Å²) in [6.45, 7) is 1.87. The van der Waals surface area contributed by atoms with E-state index in [1.54, 1.807) is 36.4 Å². The highest BCUT2D eigenvalue weighted by Crippen LogP contribution is 2.26. The average Bonchev–Trinajstić information content (AvgIpc) is 2.37. The number of carboxylic acids is 1. The Labute approximate surface area is 116 Å². The minimum absolute atomic E-state index is 0.483. The van der Waals surface area contributed by atoms with Crippen LogP contribution in [0.4, 0.5) is 0 Å². The van der Waals surface area contributed by atoms with Gasteiger partial charge in [-0.1, -0.05) is 41.9 Å². The van der Waals surface area contributed by atoms with E-state index < -0.39 is 12.1 Å². The van der Waals surface area contributed by atoms with Crippen LogP contribution in [0.25, 0.3) is 0 Å². The zero-order valence-electron chi connectivity index (χ0n) is 10.3. The van der Waals surface area contributed by atoms with Gasteiger partial charge in [0.1, 0.15) is 5.75 Å². The van der Waals surface area contributed by atoms with Crippen molar-refractivity contribution in [1.29, 1.82) is 0 Å². The summed E-state index contributed by atoms with van der Waals surface area (Å²) >= 11 is 5.88. The first kappa shape index (κ1) is 13.4. The van der Waals surface area contributed by atoms with Gasteiger partial charge in [-0.3, -0.25) is 0 Å².